The molecule has 0 aliphatic heterocycles. The maximum atomic E-state index is 11.9. The highest BCUT2D eigenvalue weighted by molar-refractivity contribution is 7.14. The van der Waals surface area contributed by atoms with Crippen molar-refractivity contribution < 1.29 is 9.53 Å². The molecule has 3 N–H and O–H groups in total. The average Bonchev–Trinajstić information content (AvgIpc) is 2.99. The summed E-state index contributed by atoms with van der Waals surface area (Å²) < 4.78 is 5.50. The number of carbonyl (C=O) groups is 1. The number of nitrogens with two attached hydrogens (primary N) is 1. The Bertz CT molecular complexity index is 641. The van der Waals surface area contributed by atoms with Crippen LogP contribution in [0.5, 0.6) is 5.75 Å². The minimum absolute atomic E-state index is 0.113. The fourth-order valence-electron chi connectivity index (χ4n) is 1.60. The van der Waals surface area contributed by atoms with Gasteiger partial charge in [-0.1, -0.05) is 30.0 Å². The summed E-state index contributed by atoms with van der Waals surface area (Å²) in [7, 11) is 0. The van der Waals surface area contributed by atoms with E-state index in [1.807, 2.05) is 36.4 Å². The summed E-state index contributed by atoms with van der Waals surface area (Å²) >= 11 is 1.35. The van der Waals surface area contributed by atoms with Crippen LogP contribution in [0.2, 0.25) is 0 Å². The minimum atomic E-state index is -0.113. The molecule has 0 saturated heterocycles. The van der Waals surface area contributed by atoms with Crippen molar-refractivity contribution in [1.29, 1.82) is 0 Å². The maximum absolute atomic E-state index is 11.9. The minimum Gasteiger partial charge on any atom is -0.492 e. The van der Waals surface area contributed by atoms with E-state index in [2.05, 4.69) is 17.2 Å². The van der Waals surface area contributed by atoms with Crippen LogP contribution in [0, 0.1) is 11.8 Å². The van der Waals surface area contributed by atoms with Crippen molar-refractivity contribution in [3.63, 3.8) is 0 Å². The molecule has 0 radical (unpaired) electrons. The molecule has 0 unspecified atom stereocenters. The summed E-state index contributed by atoms with van der Waals surface area (Å²) in [5, 5.41) is 2.81. The quantitative estimate of drug-likeness (QED) is 0.654. The van der Waals surface area contributed by atoms with Gasteiger partial charge in [-0.15, -0.1) is 11.3 Å². The lowest BCUT2D eigenvalue weighted by atomic mass is 10.3. The molecule has 0 spiro atoms. The van der Waals surface area contributed by atoms with Gasteiger partial charge in [0.15, 0.2) is 0 Å². The predicted octanol–water partition coefficient (Wildman–Crippen LogP) is 1.87. The van der Waals surface area contributed by atoms with Gasteiger partial charge < -0.3 is 15.8 Å². The first-order chi connectivity index (χ1) is 10.3. The lowest BCUT2D eigenvalue weighted by molar-refractivity contribution is 0.0951. The van der Waals surface area contributed by atoms with Crippen LogP contribution in [-0.4, -0.2) is 25.6 Å². The number of rotatable bonds is 5. The summed E-state index contributed by atoms with van der Waals surface area (Å²) in [6.07, 6.45) is 0. The van der Waals surface area contributed by atoms with Gasteiger partial charge in [-0.2, -0.15) is 0 Å². The molecule has 0 atom stereocenters. The van der Waals surface area contributed by atoms with E-state index in [9.17, 15) is 4.79 Å². The lowest BCUT2D eigenvalue weighted by Gasteiger charge is -2.06. The van der Waals surface area contributed by atoms with E-state index in [1.54, 1.807) is 6.07 Å². The number of hydrogen-bond acceptors (Lipinski definition) is 4. The van der Waals surface area contributed by atoms with Gasteiger partial charge in [-0.3, -0.25) is 4.79 Å². The number of nitrogens with one attached hydrogen (secondary N) is 1. The summed E-state index contributed by atoms with van der Waals surface area (Å²) in [6, 6.07) is 13.1. The number of amides is 1. The molecule has 0 aliphatic carbocycles. The third-order valence-corrected chi connectivity index (χ3v) is 3.54. The van der Waals surface area contributed by atoms with Crippen LogP contribution in [0.4, 0.5) is 0 Å². The van der Waals surface area contributed by atoms with Crippen LogP contribution in [0.25, 0.3) is 0 Å². The van der Waals surface area contributed by atoms with E-state index in [-0.39, 0.29) is 5.91 Å². The zero-order chi connectivity index (χ0) is 14.9. The molecule has 0 bridgehead atoms. The molecule has 0 fully saturated rings. The molecule has 2 rings (SSSR count). The topological polar surface area (TPSA) is 64.4 Å². The predicted molar refractivity (Wildman–Crippen MR) is 84.5 cm³/mol. The van der Waals surface area contributed by atoms with Gasteiger partial charge in [0, 0.05) is 0 Å². The fraction of sp³-hybridized carbons (Fsp3) is 0.188. The molecule has 1 heterocycles. The first-order valence-corrected chi connectivity index (χ1v) is 7.36. The van der Waals surface area contributed by atoms with Crippen molar-refractivity contribution in [2.75, 3.05) is 19.7 Å². The van der Waals surface area contributed by atoms with Gasteiger partial charge in [-0.05, 0) is 24.3 Å². The van der Waals surface area contributed by atoms with Crippen molar-refractivity contribution >= 4 is 17.2 Å². The molecule has 0 aliphatic rings. The summed E-state index contributed by atoms with van der Waals surface area (Å²) in [4.78, 5) is 13.4. The van der Waals surface area contributed by atoms with E-state index in [4.69, 9.17) is 10.5 Å². The Kier molecular flexibility index (Phi) is 5.83. The number of ether oxygens (including phenoxy) is 1. The standard InChI is InChI=1S/C16H16N2O2S/c17-10-4-7-14-8-9-15(21-14)16(19)18-11-12-20-13-5-2-1-3-6-13/h1-3,5-6,8-9H,10-12,17H2,(H,18,19). The number of benzene rings is 1. The van der Waals surface area contributed by atoms with E-state index in [1.165, 1.54) is 11.3 Å². The van der Waals surface area contributed by atoms with Gasteiger partial charge in [0.1, 0.15) is 12.4 Å². The first kappa shape index (κ1) is 15.1. The molecular formula is C16H16N2O2S. The Balaban J connectivity index is 1.75. The Morgan fingerprint density at radius 3 is 2.81 bits per heavy atom. The highest BCUT2D eigenvalue weighted by atomic mass is 32.1. The van der Waals surface area contributed by atoms with Crippen molar-refractivity contribution in [2.24, 2.45) is 5.73 Å². The molecule has 5 heteroatoms. The van der Waals surface area contributed by atoms with E-state index >= 15 is 0 Å². The largest absolute Gasteiger partial charge is 0.492 e. The second-order valence-corrected chi connectivity index (χ2v) is 5.17. The molecule has 108 valence electrons. The van der Waals surface area contributed by atoms with Crippen molar-refractivity contribution in [2.45, 2.75) is 0 Å². The fourth-order valence-corrected chi connectivity index (χ4v) is 2.40. The van der Waals surface area contributed by atoms with Crippen LogP contribution in [0.3, 0.4) is 0 Å². The van der Waals surface area contributed by atoms with Gasteiger partial charge in [-0.25, -0.2) is 0 Å². The zero-order valence-electron chi connectivity index (χ0n) is 11.5. The molecule has 4 nitrogen and oxygen atoms in total. The highest BCUT2D eigenvalue weighted by Gasteiger charge is 2.07. The average molecular weight is 300 g/mol. The van der Waals surface area contributed by atoms with Crippen LogP contribution < -0.4 is 15.8 Å². The molecular weight excluding hydrogens is 284 g/mol. The number of carbonyl (C=O) groups excluding carboxylic acids is 1. The number of hydrogen-bond donors (Lipinski definition) is 2. The monoisotopic (exact) mass is 300 g/mol. The summed E-state index contributed by atoms with van der Waals surface area (Å²) in [6.45, 7) is 1.20. The molecule has 21 heavy (non-hydrogen) atoms. The Morgan fingerprint density at radius 1 is 1.24 bits per heavy atom. The molecule has 1 aromatic carbocycles. The molecule has 0 saturated carbocycles. The van der Waals surface area contributed by atoms with Gasteiger partial charge in [0.2, 0.25) is 0 Å². The highest BCUT2D eigenvalue weighted by Crippen LogP contribution is 2.15. The van der Waals surface area contributed by atoms with Crippen LogP contribution in [-0.2, 0) is 0 Å². The van der Waals surface area contributed by atoms with Crippen LogP contribution in [0.15, 0.2) is 42.5 Å². The Labute approximate surface area is 127 Å². The Morgan fingerprint density at radius 2 is 2.05 bits per heavy atom. The van der Waals surface area contributed by atoms with Gasteiger partial charge >= 0.3 is 0 Å². The van der Waals surface area contributed by atoms with Crippen molar-refractivity contribution in [3.05, 3.63) is 52.2 Å². The smallest absolute Gasteiger partial charge is 0.261 e. The second-order valence-electron chi connectivity index (χ2n) is 4.09. The van der Waals surface area contributed by atoms with Crippen molar-refractivity contribution in [3.8, 4) is 17.6 Å². The maximum Gasteiger partial charge on any atom is 0.261 e. The third kappa shape index (κ3) is 4.95. The number of thiophene rings is 1. The van der Waals surface area contributed by atoms with Crippen molar-refractivity contribution in [1.82, 2.24) is 5.32 Å². The SMILES string of the molecule is NCC#Cc1ccc(C(=O)NCCOc2ccccc2)s1. The third-order valence-electron chi connectivity index (χ3n) is 2.54. The van der Waals surface area contributed by atoms with E-state index in [0.717, 1.165) is 10.6 Å². The number of para-hydroxylation sites is 1. The van der Waals surface area contributed by atoms with Gasteiger partial charge in [0.05, 0.1) is 22.8 Å². The Hall–Kier alpha value is -2.29. The first-order valence-electron chi connectivity index (χ1n) is 6.54. The second kappa shape index (κ2) is 8.10. The van der Waals surface area contributed by atoms with Gasteiger partial charge in [0.25, 0.3) is 5.91 Å². The van der Waals surface area contributed by atoms with Crippen LogP contribution in [0.1, 0.15) is 14.5 Å². The molecule has 1 aromatic heterocycles. The molecule has 2 aromatic rings. The summed E-state index contributed by atoms with van der Waals surface area (Å²) in [5.74, 6) is 6.35. The lowest BCUT2D eigenvalue weighted by Crippen LogP contribution is -2.27. The summed E-state index contributed by atoms with van der Waals surface area (Å²) in [5.41, 5.74) is 5.31. The van der Waals surface area contributed by atoms with Crippen LogP contribution >= 0.6 is 11.3 Å². The zero-order valence-corrected chi connectivity index (χ0v) is 12.3. The molecule has 1 amide bonds. The van der Waals surface area contributed by atoms with E-state index < -0.39 is 0 Å². The normalized spacial score (nSPS) is 9.57. The van der Waals surface area contributed by atoms with E-state index in [0.29, 0.717) is 24.6 Å².